The maximum absolute atomic E-state index is 13.1. The first-order valence-corrected chi connectivity index (χ1v) is 8.47. The molecule has 1 aromatic carbocycles. The molecule has 0 aliphatic carbocycles. The van der Waals surface area contributed by atoms with Gasteiger partial charge in [0.1, 0.15) is 0 Å². The number of hydrogen-bond acceptors (Lipinski definition) is 3. The lowest BCUT2D eigenvalue weighted by Gasteiger charge is -2.20. The molecule has 2 unspecified atom stereocenters. The molecule has 2 atom stereocenters. The second-order valence-corrected chi connectivity index (χ2v) is 7.75. The van der Waals surface area contributed by atoms with E-state index in [1.807, 2.05) is 0 Å². The van der Waals surface area contributed by atoms with Gasteiger partial charge in [-0.25, -0.2) is 8.42 Å². The highest BCUT2D eigenvalue weighted by Gasteiger charge is 2.41. The molecule has 2 rings (SSSR count). The van der Waals surface area contributed by atoms with Gasteiger partial charge in [-0.3, -0.25) is 0 Å². The molecule has 1 aliphatic rings. The van der Waals surface area contributed by atoms with E-state index in [0.717, 1.165) is 16.4 Å². The van der Waals surface area contributed by atoms with Crippen molar-refractivity contribution in [2.24, 2.45) is 11.7 Å². The molecule has 0 bridgehead atoms. The fourth-order valence-corrected chi connectivity index (χ4v) is 4.37. The fraction of sp³-hybridized carbons (Fsp3) is 0.538. The number of hydrogen-bond donors (Lipinski definition) is 1. The zero-order valence-corrected chi connectivity index (χ0v) is 14.6. The molecule has 1 aromatic rings. The predicted molar refractivity (Wildman–Crippen MR) is 84.2 cm³/mol. The Kier molecular flexibility index (Phi) is 6.37. The highest BCUT2D eigenvalue weighted by molar-refractivity contribution is 7.89. The van der Waals surface area contributed by atoms with Gasteiger partial charge in [-0.2, -0.15) is 17.5 Å². The Morgan fingerprint density at radius 3 is 2.48 bits per heavy atom. The molecule has 1 aliphatic heterocycles. The van der Waals surface area contributed by atoms with Gasteiger partial charge in [0.25, 0.3) is 0 Å². The Morgan fingerprint density at radius 2 is 2.00 bits per heavy atom. The van der Waals surface area contributed by atoms with E-state index in [1.165, 1.54) is 0 Å². The number of nitrogens with zero attached hydrogens (tertiary/aromatic N) is 1. The Hall–Kier alpha value is -0.540. The monoisotopic (exact) mass is 392 g/mol. The van der Waals surface area contributed by atoms with Crippen LogP contribution in [-0.4, -0.2) is 31.9 Å². The average Bonchev–Trinajstić information content (AvgIpc) is 2.87. The third-order valence-electron chi connectivity index (χ3n) is 3.80. The van der Waals surface area contributed by atoms with Crippen molar-refractivity contribution < 1.29 is 21.6 Å². The van der Waals surface area contributed by atoms with Crippen LogP contribution in [0.4, 0.5) is 13.2 Å². The minimum absolute atomic E-state index is 0. The number of alkyl halides is 3. The summed E-state index contributed by atoms with van der Waals surface area (Å²) in [5.74, 6) is -0.0589. The normalized spacial score (nSPS) is 21.0. The first kappa shape index (κ1) is 20.5. The minimum Gasteiger partial charge on any atom is -0.328 e. The maximum Gasteiger partial charge on any atom is 0.417 e. The lowest BCUT2D eigenvalue weighted by molar-refractivity contribution is -0.139. The summed E-state index contributed by atoms with van der Waals surface area (Å²) in [6.07, 6.45) is -4.26. The standard InChI is InChI=1S/C13H16ClF3N2O2S.ClH/c1-8(18)9-4-5-19(7-9)22(20,21)12-3-2-10(14)6-11(12)13(15,16)17;/h2-3,6,8-9H,4-5,7,18H2,1H3;1H. The van der Waals surface area contributed by atoms with E-state index in [-0.39, 0.29) is 42.5 Å². The van der Waals surface area contributed by atoms with Crippen LogP contribution < -0.4 is 5.73 Å². The first-order chi connectivity index (χ1) is 10.0. The van der Waals surface area contributed by atoms with E-state index in [0.29, 0.717) is 12.5 Å². The molecule has 23 heavy (non-hydrogen) atoms. The molecule has 1 fully saturated rings. The van der Waals surface area contributed by atoms with Crippen LogP contribution in [0.5, 0.6) is 0 Å². The summed E-state index contributed by atoms with van der Waals surface area (Å²) in [7, 11) is -4.24. The zero-order chi connectivity index (χ0) is 16.7. The van der Waals surface area contributed by atoms with Gasteiger partial charge in [0.15, 0.2) is 0 Å². The Balaban J connectivity index is 0.00000264. The molecule has 4 nitrogen and oxygen atoms in total. The second-order valence-electron chi connectivity index (χ2n) is 5.41. The van der Waals surface area contributed by atoms with Crippen LogP contribution in [0.3, 0.4) is 0 Å². The third-order valence-corrected chi connectivity index (χ3v) is 5.95. The minimum atomic E-state index is -4.80. The summed E-state index contributed by atoms with van der Waals surface area (Å²) in [5.41, 5.74) is 4.50. The van der Waals surface area contributed by atoms with Crippen molar-refractivity contribution in [1.82, 2.24) is 4.31 Å². The SMILES string of the molecule is CC(N)C1CCN(S(=O)(=O)c2ccc(Cl)cc2C(F)(F)F)C1.Cl. The van der Waals surface area contributed by atoms with Gasteiger partial charge in [0, 0.05) is 24.2 Å². The molecular weight excluding hydrogens is 376 g/mol. The molecule has 0 spiro atoms. The molecule has 1 saturated heterocycles. The molecule has 0 radical (unpaired) electrons. The lowest BCUT2D eigenvalue weighted by Crippen LogP contribution is -2.33. The summed E-state index contributed by atoms with van der Waals surface area (Å²) in [6.45, 7) is 2.04. The number of nitrogens with two attached hydrogens (primary N) is 1. The molecular formula is C13H17Cl2F3N2O2S. The van der Waals surface area contributed by atoms with Crippen LogP contribution >= 0.6 is 24.0 Å². The highest BCUT2D eigenvalue weighted by Crippen LogP contribution is 2.38. The summed E-state index contributed by atoms with van der Waals surface area (Å²) in [6, 6.07) is 2.46. The Labute approximate surface area is 144 Å². The van der Waals surface area contributed by atoms with Crippen molar-refractivity contribution in [2.75, 3.05) is 13.1 Å². The van der Waals surface area contributed by atoms with E-state index in [9.17, 15) is 21.6 Å². The van der Waals surface area contributed by atoms with Crippen molar-refractivity contribution in [1.29, 1.82) is 0 Å². The molecule has 0 saturated carbocycles. The van der Waals surface area contributed by atoms with Crippen LogP contribution in [0.15, 0.2) is 23.1 Å². The fourth-order valence-electron chi connectivity index (χ4n) is 2.49. The van der Waals surface area contributed by atoms with Gasteiger partial charge in [-0.1, -0.05) is 11.6 Å². The van der Waals surface area contributed by atoms with Gasteiger partial charge in [0.05, 0.1) is 10.5 Å². The van der Waals surface area contributed by atoms with Crippen molar-refractivity contribution in [3.8, 4) is 0 Å². The van der Waals surface area contributed by atoms with Crippen LogP contribution in [-0.2, 0) is 16.2 Å². The molecule has 10 heteroatoms. The Bertz CT molecular complexity index is 666. The summed E-state index contributed by atoms with van der Waals surface area (Å²) >= 11 is 5.57. The molecule has 0 amide bonds. The van der Waals surface area contributed by atoms with Crippen molar-refractivity contribution >= 4 is 34.0 Å². The van der Waals surface area contributed by atoms with E-state index in [4.69, 9.17) is 17.3 Å². The number of halogens is 5. The second kappa shape index (κ2) is 7.14. The van der Waals surface area contributed by atoms with Crippen LogP contribution in [0.25, 0.3) is 0 Å². The third kappa shape index (κ3) is 4.30. The number of rotatable bonds is 3. The average molecular weight is 393 g/mol. The van der Waals surface area contributed by atoms with Crippen molar-refractivity contribution in [3.63, 3.8) is 0 Å². The van der Waals surface area contributed by atoms with E-state index < -0.39 is 26.7 Å². The number of sulfonamides is 1. The van der Waals surface area contributed by atoms with Crippen LogP contribution in [0, 0.1) is 5.92 Å². The quantitative estimate of drug-likeness (QED) is 0.858. The van der Waals surface area contributed by atoms with Crippen LogP contribution in [0.1, 0.15) is 18.9 Å². The lowest BCUT2D eigenvalue weighted by atomic mass is 10.0. The van der Waals surface area contributed by atoms with Crippen LogP contribution in [0.2, 0.25) is 5.02 Å². The zero-order valence-electron chi connectivity index (χ0n) is 12.2. The largest absolute Gasteiger partial charge is 0.417 e. The summed E-state index contributed by atoms with van der Waals surface area (Å²) in [4.78, 5) is -0.769. The van der Waals surface area contributed by atoms with Crippen molar-refractivity contribution in [2.45, 2.75) is 30.5 Å². The maximum atomic E-state index is 13.1. The van der Waals surface area contributed by atoms with Gasteiger partial charge < -0.3 is 5.73 Å². The van der Waals surface area contributed by atoms with E-state index in [2.05, 4.69) is 0 Å². The molecule has 132 valence electrons. The number of benzene rings is 1. The van der Waals surface area contributed by atoms with E-state index in [1.54, 1.807) is 6.92 Å². The van der Waals surface area contributed by atoms with Gasteiger partial charge in [-0.15, -0.1) is 12.4 Å². The van der Waals surface area contributed by atoms with E-state index >= 15 is 0 Å². The summed E-state index contributed by atoms with van der Waals surface area (Å²) < 4.78 is 65.4. The Morgan fingerprint density at radius 1 is 1.39 bits per heavy atom. The predicted octanol–water partition coefficient (Wildman–Crippen LogP) is 3.14. The topological polar surface area (TPSA) is 63.4 Å². The van der Waals surface area contributed by atoms with Gasteiger partial charge >= 0.3 is 6.18 Å². The molecule has 0 aromatic heterocycles. The molecule has 1 heterocycles. The smallest absolute Gasteiger partial charge is 0.328 e. The molecule has 2 N–H and O–H groups in total. The van der Waals surface area contributed by atoms with Gasteiger partial charge in [-0.05, 0) is 37.5 Å². The summed E-state index contributed by atoms with van der Waals surface area (Å²) in [5, 5.41) is -0.166. The highest BCUT2D eigenvalue weighted by atomic mass is 35.5. The first-order valence-electron chi connectivity index (χ1n) is 6.66. The van der Waals surface area contributed by atoms with Crippen molar-refractivity contribution in [3.05, 3.63) is 28.8 Å². The van der Waals surface area contributed by atoms with Gasteiger partial charge in [0.2, 0.25) is 10.0 Å².